The fourth-order valence-electron chi connectivity index (χ4n) is 2.79. The SMILES string of the molecule is C=C/C(C(=N)/C(C)=C/C)=C(\C=C(/C)C(=C)N1CCCNCC1)NCC(F)(F)F. The maximum absolute atomic E-state index is 12.8. The lowest BCUT2D eigenvalue weighted by Gasteiger charge is -2.26. The van der Waals surface area contributed by atoms with Crippen molar-refractivity contribution in [3.05, 3.63) is 59.5 Å². The van der Waals surface area contributed by atoms with Crippen molar-refractivity contribution >= 4 is 5.71 Å². The van der Waals surface area contributed by atoms with Gasteiger partial charge in [-0.15, -0.1) is 0 Å². The topological polar surface area (TPSA) is 51.2 Å². The summed E-state index contributed by atoms with van der Waals surface area (Å²) in [7, 11) is 0. The van der Waals surface area contributed by atoms with Crippen LogP contribution in [0.15, 0.2) is 59.5 Å². The highest BCUT2D eigenvalue weighted by Gasteiger charge is 2.27. The Morgan fingerprint density at radius 2 is 1.89 bits per heavy atom. The molecule has 0 aliphatic carbocycles. The normalized spacial score (nSPS) is 17.6. The van der Waals surface area contributed by atoms with Crippen LogP contribution in [-0.4, -0.2) is 49.5 Å². The summed E-state index contributed by atoms with van der Waals surface area (Å²) in [6.45, 7) is 15.4. The smallest absolute Gasteiger partial charge is 0.376 e. The van der Waals surface area contributed by atoms with Gasteiger partial charge in [-0.1, -0.05) is 25.3 Å². The zero-order valence-electron chi connectivity index (χ0n) is 17.0. The maximum atomic E-state index is 12.8. The van der Waals surface area contributed by atoms with Crippen LogP contribution >= 0.6 is 0 Å². The highest BCUT2D eigenvalue weighted by atomic mass is 19.4. The highest BCUT2D eigenvalue weighted by molar-refractivity contribution is 6.12. The van der Waals surface area contributed by atoms with Crippen molar-refractivity contribution in [3.8, 4) is 0 Å². The third-order valence-electron chi connectivity index (χ3n) is 4.61. The molecule has 0 unspecified atom stereocenters. The second kappa shape index (κ2) is 10.9. The lowest BCUT2D eigenvalue weighted by molar-refractivity contribution is -0.123. The van der Waals surface area contributed by atoms with Gasteiger partial charge in [-0.2, -0.15) is 13.2 Å². The Morgan fingerprint density at radius 1 is 1.21 bits per heavy atom. The van der Waals surface area contributed by atoms with E-state index in [2.05, 4.69) is 28.7 Å². The van der Waals surface area contributed by atoms with E-state index in [4.69, 9.17) is 5.41 Å². The summed E-state index contributed by atoms with van der Waals surface area (Å²) in [5, 5.41) is 14.1. The molecule has 0 aromatic carbocycles. The van der Waals surface area contributed by atoms with Crippen molar-refractivity contribution in [2.45, 2.75) is 33.4 Å². The number of allylic oxidation sites excluding steroid dienone is 6. The van der Waals surface area contributed by atoms with Crippen molar-refractivity contribution in [3.63, 3.8) is 0 Å². The first-order chi connectivity index (χ1) is 13.1. The van der Waals surface area contributed by atoms with Crippen LogP contribution in [-0.2, 0) is 0 Å². The average Bonchev–Trinajstić information content (AvgIpc) is 2.93. The highest BCUT2D eigenvalue weighted by Crippen LogP contribution is 2.21. The van der Waals surface area contributed by atoms with E-state index in [0.29, 0.717) is 11.1 Å². The molecule has 0 atom stereocenters. The van der Waals surface area contributed by atoms with Gasteiger partial charge in [0.2, 0.25) is 0 Å². The third-order valence-corrected chi connectivity index (χ3v) is 4.61. The lowest BCUT2D eigenvalue weighted by Crippen LogP contribution is -2.30. The molecule has 28 heavy (non-hydrogen) atoms. The fourth-order valence-corrected chi connectivity index (χ4v) is 2.79. The van der Waals surface area contributed by atoms with Crippen LogP contribution in [0.2, 0.25) is 0 Å². The number of hydrogen-bond acceptors (Lipinski definition) is 4. The molecule has 1 saturated heterocycles. The third kappa shape index (κ3) is 7.38. The van der Waals surface area contributed by atoms with E-state index in [-0.39, 0.29) is 11.4 Å². The predicted molar refractivity (Wildman–Crippen MR) is 110 cm³/mol. The summed E-state index contributed by atoms with van der Waals surface area (Å²) in [6, 6.07) is 0. The molecule has 0 bridgehead atoms. The molecule has 0 radical (unpaired) electrons. The number of nitrogens with zero attached hydrogens (tertiary/aromatic N) is 1. The Kier molecular flexibility index (Phi) is 9.25. The average molecular weight is 397 g/mol. The molecule has 1 aliphatic rings. The minimum Gasteiger partial charge on any atom is -0.376 e. The maximum Gasteiger partial charge on any atom is 0.405 e. The van der Waals surface area contributed by atoms with Crippen molar-refractivity contribution in [2.75, 3.05) is 32.7 Å². The summed E-state index contributed by atoms with van der Waals surface area (Å²) < 4.78 is 38.4. The van der Waals surface area contributed by atoms with E-state index in [1.54, 1.807) is 26.0 Å². The van der Waals surface area contributed by atoms with Crippen LogP contribution in [0.4, 0.5) is 13.2 Å². The molecule has 0 aromatic rings. The molecule has 156 valence electrons. The zero-order chi connectivity index (χ0) is 21.3. The van der Waals surface area contributed by atoms with Crippen molar-refractivity contribution in [1.82, 2.24) is 15.5 Å². The Bertz CT molecular complexity index is 676. The predicted octanol–water partition coefficient (Wildman–Crippen LogP) is 4.32. The van der Waals surface area contributed by atoms with Crippen LogP contribution in [0.3, 0.4) is 0 Å². The quantitative estimate of drug-likeness (QED) is 0.423. The minimum absolute atomic E-state index is 0.135. The van der Waals surface area contributed by atoms with Crippen molar-refractivity contribution in [2.24, 2.45) is 0 Å². The van der Waals surface area contributed by atoms with E-state index in [1.807, 2.05) is 6.92 Å². The number of hydrogen-bond donors (Lipinski definition) is 3. The van der Waals surface area contributed by atoms with Gasteiger partial charge in [0.1, 0.15) is 6.54 Å². The number of alkyl halides is 3. The molecule has 0 saturated carbocycles. The van der Waals surface area contributed by atoms with Gasteiger partial charge < -0.3 is 15.5 Å². The van der Waals surface area contributed by atoms with Gasteiger partial charge in [-0.05, 0) is 51.0 Å². The first kappa shape index (κ1) is 23.8. The molecule has 0 spiro atoms. The Hall–Kier alpha value is -2.28. The van der Waals surface area contributed by atoms with Gasteiger partial charge in [0, 0.05) is 36.6 Å². The molecule has 4 nitrogen and oxygen atoms in total. The van der Waals surface area contributed by atoms with Gasteiger partial charge in [0.05, 0.1) is 5.71 Å². The van der Waals surface area contributed by atoms with E-state index in [9.17, 15) is 13.2 Å². The minimum atomic E-state index is -4.37. The second-order valence-electron chi connectivity index (χ2n) is 6.71. The van der Waals surface area contributed by atoms with Crippen LogP contribution < -0.4 is 10.6 Å². The molecule has 1 aliphatic heterocycles. The summed E-state index contributed by atoms with van der Waals surface area (Å²) in [4.78, 5) is 2.13. The van der Waals surface area contributed by atoms with Gasteiger partial charge >= 0.3 is 6.18 Å². The van der Waals surface area contributed by atoms with Crippen LogP contribution in [0.5, 0.6) is 0 Å². The van der Waals surface area contributed by atoms with Gasteiger partial charge in [0.15, 0.2) is 0 Å². The fraction of sp³-hybridized carbons (Fsp3) is 0.476. The summed E-state index contributed by atoms with van der Waals surface area (Å²) in [6.07, 6.45) is 1.39. The molecule has 1 heterocycles. The molecule has 7 heteroatoms. The molecule has 3 N–H and O–H groups in total. The van der Waals surface area contributed by atoms with Gasteiger partial charge in [0.25, 0.3) is 0 Å². The Morgan fingerprint density at radius 3 is 2.46 bits per heavy atom. The van der Waals surface area contributed by atoms with Crippen LogP contribution in [0, 0.1) is 5.41 Å². The number of halogens is 3. The second-order valence-corrected chi connectivity index (χ2v) is 6.71. The molecule has 1 fully saturated rings. The van der Waals surface area contributed by atoms with Crippen molar-refractivity contribution in [1.29, 1.82) is 5.41 Å². The van der Waals surface area contributed by atoms with Crippen LogP contribution in [0.25, 0.3) is 0 Å². The first-order valence-electron chi connectivity index (χ1n) is 9.33. The first-order valence-corrected chi connectivity index (χ1v) is 9.33. The monoisotopic (exact) mass is 396 g/mol. The molecule has 0 aromatic heterocycles. The van der Waals surface area contributed by atoms with E-state index < -0.39 is 12.7 Å². The zero-order valence-corrected chi connectivity index (χ0v) is 17.0. The summed E-state index contributed by atoms with van der Waals surface area (Å²) in [5.41, 5.74) is 2.85. The van der Waals surface area contributed by atoms with Gasteiger partial charge in [-0.3, -0.25) is 5.41 Å². The summed E-state index contributed by atoms with van der Waals surface area (Å²) >= 11 is 0. The lowest BCUT2D eigenvalue weighted by atomic mass is 10.00. The molecular formula is C21H31F3N4. The summed E-state index contributed by atoms with van der Waals surface area (Å²) in [5.74, 6) is 0. The number of nitrogens with one attached hydrogen (secondary N) is 3. The standard InChI is InChI=1S/C21H31F3N4/c1-6-15(3)20(25)18(7-2)19(27-14-21(22,23)24)13-16(4)17(5)28-11-8-9-26-10-12-28/h6-7,13,25-27H,2,5,8-12,14H2,1,3-4H3/b15-6+,16-13+,19-18-,25-20?. The number of rotatable bonds is 8. The Labute approximate surface area is 166 Å². The van der Waals surface area contributed by atoms with E-state index >= 15 is 0 Å². The van der Waals surface area contributed by atoms with Crippen molar-refractivity contribution < 1.29 is 13.2 Å². The molecule has 1 rings (SSSR count). The van der Waals surface area contributed by atoms with Gasteiger partial charge in [-0.25, -0.2) is 0 Å². The molecular weight excluding hydrogens is 365 g/mol. The van der Waals surface area contributed by atoms with E-state index in [0.717, 1.165) is 43.9 Å². The van der Waals surface area contributed by atoms with Crippen LogP contribution in [0.1, 0.15) is 27.2 Å². The molecule has 0 amide bonds. The van der Waals surface area contributed by atoms with E-state index in [1.165, 1.54) is 6.08 Å². The Balaban J connectivity index is 3.26. The largest absolute Gasteiger partial charge is 0.405 e.